The molecule has 1 N–H and O–H groups in total. The molecule has 0 saturated carbocycles. The second-order valence-corrected chi connectivity index (χ2v) is 4.94. The topological polar surface area (TPSA) is 79.0 Å². The van der Waals surface area contributed by atoms with Crippen molar-refractivity contribution in [2.45, 2.75) is 6.54 Å². The van der Waals surface area contributed by atoms with E-state index in [4.69, 9.17) is 5.26 Å². The highest BCUT2D eigenvalue weighted by atomic mass is 79.9. The maximum atomic E-state index is 10.7. The molecule has 0 spiro atoms. The molecule has 0 unspecified atom stereocenters. The van der Waals surface area contributed by atoms with Crippen molar-refractivity contribution in [3.05, 3.63) is 68.2 Å². The minimum atomic E-state index is -0.436. The van der Waals surface area contributed by atoms with Gasteiger partial charge in [-0.2, -0.15) is 5.26 Å². The van der Waals surface area contributed by atoms with Crippen LogP contribution in [-0.4, -0.2) is 4.92 Å². The molecule has 5 nitrogen and oxygen atoms in total. The fourth-order valence-corrected chi connectivity index (χ4v) is 2.19. The molecule has 0 heterocycles. The Morgan fingerprint density at radius 2 is 1.95 bits per heavy atom. The molecule has 0 saturated heterocycles. The van der Waals surface area contributed by atoms with Gasteiger partial charge in [0.15, 0.2) is 0 Å². The van der Waals surface area contributed by atoms with Gasteiger partial charge in [-0.1, -0.05) is 12.1 Å². The number of hydrogen-bond acceptors (Lipinski definition) is 4. The molecule has 0 amide bonds. The Balaban J connectivity index is 2.05. The third-order valence-electron chi connectivity index (χ3n) is 2.72. The first-order chi connectivity index (χ1) is 9.60. The van der Waals surface area contributed by atoms with E-state index in [1.165, 1.54) is 6.07 Å². The maximum absolute atomic E-state index is 10.7. The van der Waals surface area contributed by atoms with Crippen LogP contribution in [0, 0.1) is 21.4 Å². The average Bonchev–Trinajstić information content (AvgIpc) is 2.45. The summed E-state index contributed by atoms with van der Waals surface area (Å²) in [6.07, 6.45) is 0. The van der Waals surface area contributed by atoms with E-state index in [1.54, 1.807) is 24.3 Å². The first-order valence-electron chi connectivity index (χ1n) is 5.77. The molecule has 2 aromatic carbocycles. The third-order valence-corrected chi connectivity index (χ3v) is 3.36. The Morgan fingerprint density at radius 3 is 2.50 bits per heavy atom. The first-order valence-corrected chi connectivity index (χ1v) is 6.56. The van der Waals surface area contributed by atoms with Gasteiger partial charge in [0.25, 0.3) is 5.69 Å². The summed E-state index contributed by atoms with van der Waals surface area (Å²) in [6, 6.07) is 14.1. The van der Waals surface area contributed by atoms with Crippen LogP contribution in [0.1, 0.15) is 11.1 Å². The molecule has 0 bridgehead atoms. The average molecular weight is 332 g/mol. The number of nitrogens with one attached hydrogen (secondary N) is 1. The quantitative estimate of drug-likeness (QED) is 0.681. The van der Waals surface area contributed by atoms with Crippen LogP contribution < -0.4 is 5.32 Å². The van der Waals surface area contributed by atoms with E-state index >= 15 is 0 Å². The van der Waals surface area contributed by atoms with Crippen molar-refractivity contribution in [1.29, 1.82) is 5.26 Å². The van der Waals surface area contributed by atoms with Gasteiger partial charge in [-0.25, -0.2) is 0 Å². The highest BCUT2D eigenvalue weighted by molar-refractivity contribution is 9.10. The zero-order valence-corrected chi connectivity index (χ0v) is 11.9. The number of nitro groups is 1. The van der Waals surface area contributed by atoms with Gasteiger partial charge in [-0.15, -0.1) is 0 Å². The van der Waals surface area contributed by atoms with Crippen LogP contribution in [0.4, 0.5) is 11.4 Å². The molecule has 0 radical (unpaired) electrons. The summed E-state index contributed by atoms with van der Waals surface area (Å²) in [6.45, 7) is 0.579. The SMILES string of the molecule is N#Cc1ccc(CNc2ccc([N+](=O)[O-])c(Br)c2)cc1. The molecular formula is C14H10BrN3O2. The van der Waals surface area contributed by atoms with Crippen molar-refractivity contribution < 1.29 is 4.92 Å². The van der Waals surface area contributed by atoms with E-state index in [0.717, 1.165) is 11.3 Å². The van der Waals surface area contributed by atoms with Crippen LogP contribution in [0.15, 0.2) is 46.9 Å². The lowest BCUT2D eigenvalue weighted by molar-refractivity contribution is -0.385. The molecule has 0 aliphatic carbocycles. The standard InChI is InChI=1S/C14H10BrN3O2/c15-13-7-12(5-6-14(13)18(19)20)17-9-11-3-1-10(8-16)2-4-11/h1-7,17H,9H2. The predicted molar refractivity (Wildman–Crippen MR) is 79.3 cm³/mol. The summed E-state index contributed by atoms with van der Waals surface area (Å²) in [5.74, 6) is 0. The van der Waals surface area contributed by atoms with E-state index in [1.807, 2.05) is 12.1 Å². The van der Waals surface area contributed by atoms with Crippen LogP contribution >= 0.6 is 15.9 Å². The smallest absolute Gasteiger partial charge is 0.283 e. The predicted octanol–water partition coefficient (Wildman–Crippen LogP) is 3.84. The van der Waals surface area contributed by atoms with Crippen molar-refractivity contribution in [3.63, 3.8) is 0 Å². The molecule has 100 valence electrons. The van der Waals surface area contributed by atoms with Gasteiger partial charge in [-0.3, -0.25) is 10.1 Å². The van der Waals surface area contributed by atoms with E-state index in [0.29, 0.717) is 16.6 Å². The summed E-state index contributed by atoms with van der Waals surface area (Å²) < 4.78 is 0.437. The third kappa shape index (κ3) is 3.33. The molecule has 0 atom stereocenters. The lowest BCUT2D eigenvalue weighted by Gasteiger charge is -2.07. The van der Waals surface area contributed by atoms with Gasteiger partial charge in [0.2, 0.25) is 0 Å². The zero-order chi connectivity index (χ0) is 14.5. The number of anilines is 1. The maximum Gasteiger partial charge on any atom is 0.283 e. The molecule has 0 aliphatic rings. The number of halogens is 1. The molecule has 6 heteroatoms. The van der Waals surface area contributed by atoms with Crippen LogP contribution in [0.3, 0.4) is 0 Å². The Morgan fingerprint density at radius 1 is 1.25 bits per heavy atom. The van der Waals surface area contributed by atoms with Gasteiger partial charge in [-0.05, 0) is 45.8 Å². The van der Waals surface area contributed by atoms with E-state index in [-0.39, 0.29) is 5.69 Å². The summed E-state index contributed by atoms with van der Waals surface area (Å²) in [4.78, 5) is 10.3. The monoisotopic (exact) mass is 331 g/mol. The molecule has 20 heavy (non-hydrogen) atoms. The van der Waals surface area contributed by atoms with Crippen LogP contribution in [0.5, 0.6) is 0 Å². The summed E-state index contributed by atoms with van der Waals surface area (Å²) in [5, 5.41) is 22.6. The van der Waals surface area contributed by atoms with Crippen molar-refractivity contribution in [1.82, 2.24) is 0 Å². The Bertz CT molecular complexity index is 678. The molecule has 0 fully saturated rings. The number of rotatable bonds is 4. The fourth-order valence-electron chi connectivity index (χ4n) is 1.67. The van der Waals surface area contributed by atoms with Crippen molar-refractivity contribution >= 4 is 27.3 Å². The Labute approximate surface area is 124 Å². The Hall–Kier alpha value is -2.39. The van der Waals surface area contributed by atoms with Crippen LogP contribution in [0.25, 0.3) is 0 Å². The zero-order valence-electron chi connectivity index (χ0n) is 10.3. The minimum Gasteiger partial charge on any atom is -0.381 e. The highest BCUT2D eigenvalue weighted by Gasteiger charge is 2.11. The van der Waals surface area contributed by atoms with E-state index in [9.17, 15) is 10.1 Å². The van der Waals surface area contributed by atoms with Gasteiger partial charge in [0.05, 0.1) is 21.0 Å². The lowest BCUT2D eigenvalue weighted by Crippen LogP contribution is -2.00. The van der Waals surface area contributed by atoms with Crippen molar-refractivity contribution in [2.75, 3.05) is 5.32 Å². The minimum absolute atomic E-state index is 0.0360. The molecular weight excluding hydrogens is 322 g/mol. The Kier molecular flexibility index (Phi) is 4.33. The second kappa shape index (κ2) is 6.17. The normalized spacial score (nSPS) is 9.80. The second-order valence-electron chi connectivity index (χ2n) is 4.09. The van der Waals surface area contributed by atoms with Crippen LogP contribution in [-0.2, 0) is 6.54 Å². The molecule has 2 aromatic rings. The van der Waals surface area contributed by atoms with Crippen LogP contribution in [0.2, 0.25) is 0 Å². The van der Waals surface area contributed by atoms with Crippen molar-refractivity contribution in [2.24, 2.45) is 0 Å². The fraction of sp³-hybridized carbons (Fsp3) is 0.0714. The van der Waals surface area contributed by atoms with E-state index in [2.05, 4.69) is 27.3 Å². The molecule has 2 rings (SSSR count). The van der Waals surface area contributed by atoms with E-state index < -0.39 is 4.92 Å². The first kappa shape index (κ1) is 14.0. The van der Waals surface area contributed by atoms with Gasteiger partial charge >= 0.3 is 0 Å². The number of benzene rings is 2. The summed E-state index contributed by atoms with van der Waals surface area (Å²) >= 11 is 3.18. The number of nitro benzene ring substituents is 1. The van der Waals surface area contributed by atoms with Gasteiger partial charge in [0, 0.05) is 18.3 Å². The largest absolute Gasteiger partial charge is 0.381 e. The summed E-state index contributed by atoms with van der Waals surface area (Å²) in [7, 11) is 0. The molecule has 0 aromatic heterocycles. The summed E-state index contributed by atoms with van der Waals surface area (Å²) in [5.41, 5.74) is 2.46. The highest BCUT2D eigenvalue weighted by Crippen LogP contribution is 2.27. The number of hydrogen-bond donors (Lipinski definition) is 1. The molecule has 0 aliphatic heterocycles. The van der Waals surface area contributed by atoms with Gasteiger partial charge in [0.1, 0.15) is 0 Å². The van der Waals surface area contributed by atoms with Gasteiger partial charge < -0.3 is 5.32 Å². The number of nitriles is 1. The van der Waals surface area contributed by atoms with Crippen molar-refractivity contribution in [3.8, 4) is 6.07 Å². The lowest BCUT2D eigenvalue weighted by atomic mass is 10.1. The number of nitrogens with zero attached hydrogens (tertiary/aromatic N) is 2.